The van der Waals surface area contributed by atoms with Crippen LogP contribution in [0, 0.1) is 13.8 Å². The molecule has 0 radical (unpaired) electrons. The highest BCUT2D eigenvalue weighted by atomic mass is 79.9. The molecule has 1 heterocycles. The fraction of sp³-hybridized carbons (Fsp3) is 0.167. The van der Waals surface area contributed by atoms with Crippen LogP contribution in [-0.2, 0) is 6.54 Å². The fourth-order valence-electron chi connectivity index (χ4n) is 2.37. The van der Waals surface area contributed by atoms with E-state index in [9.17, 15) is 4.79 Å². The van der Waals surface area contributed by atoms with Crippen LogP contribution in [0.5, 0.6) is 0 Å². The van der Waals surface area contributed by atoms with Gasteiger partial charge in [0.25, 0.3) is 5.91 Å². The van der Waals surface area contributed by atoms with E-state index in [0.717, 1.165) is 21.3 Å². The van der Waals surface area contributed by atoms with Gasteiger partial charge in [0.05, 0.1) is 11.4 Å². The molecule has 3 rings (SSSR count). The highest BCUT2D eigenvalue weighted by Gasteiger charge is 2.17. The van der Waals surface area contributed by atoms with Gasteiger partial charge in [-0.1, -0.05) is 50.9 Å². The third-order valence-corrected chi connectivity index (χ3v) is 4.81. The van der Waals surface area contributed by atoms with Gasteiger partial charge in [-0.2, -0.15) is 0 Å². The maximum Gasteiger partial charge on any atom is 0.274 e. The summed E-state index contributed by atoms with van der Waals surface area (Å²) in [6.07, 6.45) is 0. The SMILES string of the molecule is Cc1ccc(-n2nnc(C(=O)NCc3ccc(Br)cc3)c2C)cc1Cl. The molecule has 128 valence electrons. The van der Waals surface area contributed by atoms with Gasteiger partial charge in [-0.25, -0.2) is 4.68 Å². The van der Waals surface area contributed by atoms with Crippen molar-refractivity contribution in [3.63, 3.8) is 0 Å². The normalized spacial score (nSPS) is 10.7. The Balaban J connectivity index is 1.76. The van der Waals surface area contributed by atoms with E-state index in [-0.39, 0.29) is 5.91 Å². The Morgan fingerprint density at radius 3 is 2.60 bits per heavy atom. The first-order chi connectivity index (χ1) is 12.0. The fourth-order valence-corrected chi connectivity index (χ4v) is 2.81. The summed E-state index contributed by atoms with van der Waals surface area (Å²) in [5.41, 5.74) is 3.72. The van der Waals surface area contributed by atoms with E-state index in [1.54, 1.807) is 4.68 Å². The molecule has 0 atom stereocenters. The molecule has 0 bridgehead atoms. The topological polar surface area (TPSA) is 59.8 Å². The van der Waals surface area contributed by atoms with Gasteiger partial charge in [0, 0.05) is 16.0 Å². The van der Waals surface area contributed by atoms with Crippen molar-refractivity contribution in [2.24, 2.45) is 0 Å². The number of amides is 1. The molecule has 0 aliphatic rings. The van der Waals surface area contributed by atoms with Crippen LogP contribution in [0.15, 0.2) is 46.9 Å². The summed E-state index contributed by atoms with van der Waals surface area (Å²) in [6.45, 7) is 4.17. The van der Waals surface area contributed by atoms with Crippen molar-refractivity contribution in [1.29, 1.82) is 0 Å². The Labute approximate surface area is 159 Å². The maximum absolute atomic E-state index is 12.4. The first kappa shape index (κ1) is 17.6. The minimum Gasteiger partial charge on any atom is -0.347 e. The largest absolute Gasteiger partial charge is 0.347 e. The van der Waals surface area contributed by atoms with Gasteiger partial charge < -0.3 is 5.32 Å². The van der Waals surface area contributed by atoms with E-state index in [1.165, 1.54) is 0 Å². The molecule has 2 aromatic carbocycles. The molecule has 1 amide bonds. The summed E-state index contributed by atoms with van der Waals surface area (Å²) < 4.78 is 2.61. The van der Waals surface area contributed by atoms with Crippen molar-refractivity contribution in [2.75, 3.05) is 0 Å². The number of hydrogen-bond donors (Lipinski definition) is 1. The van der Waals surface area contributed by atoms with Crippen LogP contribution in [-0.4, -0.2) is 20.9 Å². The Bertz CT molecular complexity index is 921. The first-order valence-corrected chi connectivity index (χ1v) is 8.84. The summed E-state index contributed by atoms with van der Waals surface area (Å²) in [5, 5.41) is 11.6. The molecule has 7 heteroatoms. The lowest BCUT2D eigenvalue weighted by atomic mass is 10.2. The number of carbonyl (C=O) groups is 1. The second kappa shape index (κ2) is 7.37. The zero-order valence-corrected chi connectivity index (χ0v) is 16.1. The summed E-state index contributed by atoms with van der Waals surface area (Å²) in [4.78, 5) is 12.4. The number of hydrogen-bond acceptors (Lipinski definition) is 3. The van der Waals surface area contributed by atoms with Crippen LogP contribution in [0.3, 0.4) is 0 Å². The molecule has 0 aliphatic heterocycles. The second-order valence-corrected chi connectivity index (χ2v) is 7.00. The molecular weight excluding hydrogens is 404 g/mol. The van der Waals surface area contributed by atoms with Crippen molar-refractivity contribution in [3.05, 3.63) is 74.5 Å². The molecule has 0 saturated carbocycles. The van der Waals surface area contributed by atoms with Crippen molar-refractivity contribution < 1.29 is 4.79 Å². The molecule has 0 saturated heterocycles. The van der Waals surface area contributed by atoms with Gasteiger partial charge in [0.15, 0.2) is 5.69 Å². The molecule has 1 aromatic heterocycles. The second-order valence-electron chi connectivity index (χ2n) is 5.68. The first-order valence-electron chi connectivity index (χ1n) is 7.67. The van der Waals surface area contributed by atoms with Crippen molar-refractivity contribution in [2.45, 2.75) is 20.4 Å². The van der Waals surface area contributed by atoms with Gasteiger partial charge >= 0.3 is 0 Å². The highest BCUT2D eigenvalue weighted by molar-refractivity contribution is 9.10. The number of nitrogens with one attached hydrogen (secondary N) is 1. The molecule has 3 aromatic rings. The summed E-state index contributed by atoms with van der Waals surface area (Å²) >= 11 is 9.56. The standard InChI is InChI=1S/C18H16BrClN4O/c1-11-3-8-15(9-16(11)20)24-12(2)17(22-23-24)18(25)21-10-13-4-6-14(19)7-5-13/h3-9H,10H2,1-2H3,(H,21,25). The summed E-state index contributed by atoms with van der Waals surface area (Å²) in [7, 11) is 0. The van der Waals surface area contributed by atoms with E-state index in [4.69, 9.17) is 11.6 Å². The lowest BCUT2D eigenvalue weighted by Gasteiger charge is -2.07. The number of halogens is 2. The number of carbonyl (C=O) groups excluding carboxylic acids is 1. The predicted octanol–water partition coefficient (Wildman–Crippen LogP) is 4.23. The summed E-state index contributed by atoms with van der Waals surface area (Å²) in [6, 6.07) is 13.4. The number of aryl methyl sites for hydroxylation is 1. The van der Waals surface area contributed by atoms with Gasteiger partial charge in [0.2, 0.25) is 0 Å². The zero-order valence-electron chi connectivity index (χ0n) is 13.8. The van der Waals surface area contributed by atoms with Crippen LogP contribution in [0.25, 0.3) is 5.69 Å². The highest BCUT2D eigenvalue weighted by Crippen LogP contribution is 2.20. The third kappa shape index (κ3) is 3.91. The average Bonchev–Trinajstić information content (AvgIpc) is 2.98. The molecular formula is C18H16BrClN4O. The molecule has 0 unspecified atom stereocenters. The lowest BCUT2D eigenvalue weighted by molar-refractivity contribution is 0.0945. The van der Waals surface area contributed by atoms with E-state index < -0.39 is 0 Å². The molecule has 5 nitrogen and oxygen atoms in total. The molecule has 0 fully saturated rings. The smallest absolute Gasteiger partial charge is 0.274 e. The molecule has 1 N–H and O–H groups in total. The predicted molar refractivity (Wildman–Crippen MR) is 101 cm³/mol. The maximum atomic E-state index is 12.4. The Morgan fingerprint density at radius 1 is 1.20 bits per heavy atom. The van der Waals surface area contributed by atoms with Gasteiger partial charge in [-0.15, -0.1) is 5.10 Å². The van der Waals surface area contributed by atoms with Crippen molar-refractivity contribution in [3.8, 4) is 5.69 Å². The number of benzene rings is 2. The Kier molecular flexibility index (Phi) is 5.20. The zero-order chi connectivity index (χ0) is 18.0. The number of aromatic nitrogens is 3. The van der Waals surface area contributed by atoms with Crippen LogP contribution in [0.2, 0.25) is 5.02 Å². The molecule has 0 spiro atoms. The lowest BCUT2D eigenvalue weighted by Crippen LogP contribution is -2.24. The Hall–Kier alpha value is -2.18. The number of rotatable bonds is 4. The summed E-state index contributed by atoms with van der Waals surface area (Å²) in [5.74, 6) is -0.259. The van der Waals surface area contributed by atoms with E-state index in [2.05, 4.69) is 31.6 Å². The van der Waals surface area contributed by atoms with Crippen molar-refractivity contribution in [1.82, 2.24) is 20.3 Å². The molecule has 25 heavy (non-hydrogen) atoms. The van der Waals surface area contributed by atoms with Crippen LogP contribution in [0.1, 0.15) is 27.3 Å². The van der Waals surface area contributed by atoms with E-state index in [1.807, 2.05) is 56.3 Å². The van der Waals surface area contributed by atoms with Gasteiger partial charge in [0.1, 0.15) is 0 Å². The minimum absolute atomic E-state index is 0.259. The van der Waals surface area contributed by atoms with E-state index in [0.29, 0.717) is 23.0 Å². The third-order valence-electron chi connectivity index (χ3n) is 3.88. The van der Waals surface area contributed by atoms with Crippen LogP contribution < -0.4 is 5.32 Å². The monoisotopic (exact) mass is 418 g/mol. The van der Waals surface area contributed by atoms with Gasteiger partial charge in [-0.05, 0) is 49.2 Å². The average molecular weight is 420 g/mol. The van der Waals surface area contributed by atoms with Crippen molar-refractivity contribution >= 4 is 33.4 Å². The quantitative estimate of drug-likeness (QED) is 0.688. The molecule has 0 aliphatic carbocycles. The van der Waals surface area contributed by atoms with Gasteiger partial charge in [-0.3, -0.25) is 4.79 Å². The van der Waals surface area contributed by atoms with Crippen LogP contribution >= 0.6 is 27.5 Å². The minimum atomic E-state index is -0.259. The number of nitrogens with zero attached hydrogens (tertiary/aromatic N) is 3. The Morgan fingerprint density at radius 2 is 1.92 bits per heavy atom. The van der Waals surface area contributed by atoms with E-state index >= 15 is 0 Å². The van der Waals surface area contributed by atoms with Crippen LogP contribution in [0.4, 0.5) is 0 Å².